The molecular weight excluding hydrogens is 363 g/mol. The number of hydrogen-bond donors (Lipinski definition) is 2. The molecule has 5 nitrogen and oxygen atoms in total. The second-order valence-electron chi connectivity index (χ2n) is 6.14. The lowest BCUT2D eigenvalue weighted by Crippen LogP contribution is -2.32. The largest absolute Gasteiger partial charge is 0.460 e. The number of Topliss-reactive ketones (excluding diaryl/α,β-unsaturated/α-hetero) is 1. The highest BCUT2D eigenvalue weighted by Crippen LogP contribution is 2.44. The van der Waals surface area contributed by atoms with E-state index in [9.17, 15) is 22.8 Å². The Morgan fingerprint density at radius 3 is 2.30 bits per heavy atom. The Labute approximate surface area is 154 Å². The molecule has 1 aromatic rings. The summed E-state index contributed by atoms with van der Waals surface area (Å²) in [5.74, 6) is -2.57. The summed E-state index contributed by atoms with van der Waals surface area (Å²) in [5, 5.41) is 11.7. The number of esters is 1. The molecule has 8 heteroatoms. The Hall–Kier alpha value is -2.61. The van der Waals surface area contributed by atoms with Crippen molar-refractivity contribution < 1.29 is 32.6 Å². The summed E-state index contributed by atoms with van der Waals surface area (Å²) >= 11 is 0. The highest BCUT2D eigenvalue weighted by molar-refractivity contribution is 6.02. The van der Waals surface area contributed by atoms with Gasteiger partial charge in [0.15, 0.2) is 5.78 Å². The molecule has 0 spiro atoms. The summed E-state index contributed by atoms with van der Waals surface area (Å²) in [6.07, 6.45) is -4.66. The molecule has 1 unspecified atom stereocenters. The van der Waals surface area contributed by atoms with Crippen LogP contribution in [0.25, 0.3) is 0 Å². The van der Waals surface area contributed by atoms with E-state index in [1.807, 2.05) is 0 Å². The predicted octanol–water partition coefficient (Wildman–Crippen LogP) is 3.06. The lowest BCUT2D eigenvalue weighted by molar-refractivity contribution is -0.141. The van der Waals surface area contributed by atoms with Crippen LogP contribution in [0.5, 0.6) is 0 Å². The van der Waals surface area contributed by atoms with Gasteiger partial charge in [-0.15, -0.1) is 0 Å². The van der Waals surface area contributed by atoms with Gasteiger partial charge >= 0.3 is 12.1 Å². The molecule has 0 bridgehead atoms. The minimum atomic E-state index is -4.66. The normalized spacial score (nSPS) is 17.7. The molecule has 0 fully saturated rings. The van der Waals surface area contributed by atoms with Crippen molar-refractivity contribution in [3.8, 4) is 0 Å². The van der Waals surface area contributed by atoms with E-state index in [-0.39, 0.29) is 23.3 Å². The zero-order valence-electron chi connectivity index (χ0n) is 15.1. The van der Waals surface area contributed by atoms with Gasteiger partial charge in [0.05, 0.1) is 17.7 Å². The van der Waals surface area contributed by atoms with E-state index in [2.05, 4.69) is 5.32 Å². The summed E-state index contributed by atoms with van der Waals surface area (Å²) in [6, 6.07) is 4.83. The van der Waals surface area contributed by atoms with E-state index in [0.717, 1.165) is 6.07 Å². The van der Waals surface area contributed by atoms with Crippen LogP contribution in [-0.4, -0.2) is 30.1 Å². The molecular formula is C19H20F3NO4. The van der Waals surface area contributed by atoms with Crippen molar-refractivity contribution in [1.29, 1.82) is 0 Å². The molecule has 0 amide bonds. The number of allylic oxidation sites excluding steroid dienone is 3. The number of dihydropyridines is 1. The fraction of sp³-hybridized carbons (Fsp3) is 0.368. The van der Waals surface area contributed by atoms with Gasteiger partial charge in [-0.3, -0.25) is 4.79 Å². The first-order valence-electron chi connectivity index (χ1n) is 8.23. The third-order valence-electron chi connectivity index (χ3n) is 4.26. The lowest BCUT2D eigenvalue weighted by Gasteiger charge is -2.31. The topological polar surface area (TPSA) is 75.6 Å². The fourth-order valence-electron chi connectivity index (χ4n) is 3.27. The molecule has 0 saturated carbocycles. The van der Waals surface area contributed by atoms with Crippen LogP contribution in [0.2, 0.25) is 0 Å². The van der Waals surface area contributed by atoms with Gasteiger partial charge in [-0.25, -0.2) is 4.79 Å². The molecule has 146 valence electrons. The minimum absolute atomic E-state index is 0.0632. The number of rotatable bonds is 5. The number of carbonyl (C=O) groups excluding carboxylic acids is 2. The zero-order valence-corrected chi connectivity index (χ0v) is 15.1. The van der Waals surface area contributed by atoms with Gasteiger partial charge in [0.2, 0.25) is 0 Å². The number of carbonyl (C=O) groups is 2. The SMILES string of the molecule is CC(=O)C1=C(C)NC(C)=C(C(=O)OCCO)C1c1ccccc1C(F)(F)F. The summed E-state index contributed by atoms with van der Waals surface area (Å²) < 4.78 is 45.7. The maximum absolute atomic E-state index is 13.6. The van der Waals surface area contributed by atoms with E-state index >= 15 is 0 Å². The van der Waals surface area contributed by atoms with Crippen molar-refractivity contribution in [2.45, 2.75) is 32.9 Å². The maximum Gasteiger partial charge on any atom is 0.416 e. The minimum Gasteiger partial charge on any atom is -0.460 e. The molecule has 2 rings (SSSR count). The molecule has 0 saturated heterocycles. The van der Waals surface area contributed by atoms with Crippen LogP contribution in [0.4, 0.5) is 13.2 Å². The number of benzene rings is 1. The number of aliphatic hydroxyl groups is 1. The Morgan fingerprint density at radius 2 is 1.74 bits per heavy atom. The van der Waals surface area contributed by atoms with E-state index in [0.29, 0.717) is 11.4 Å². The molecule has 1 aromatic carbocycles. The number of ketones is 1. The van der Waals surface area contributed by atoms with Crippen LogP contribution < -0.4 is 5.32 Å². The van der Waals surface area contributed by atoms with Crippen LogP contribution in [-0.2, 0) is 20.5 Å². The maximum atomic E-state index is 13.6. The van der Waals surface area contributed by atoms with Crippen molar-refractivity contribution in [3.05, 3.63) is 57.9 Å². The Bertz CT molecular complexity index is 824. The van der Waals surface area contributed by atoms with Crippen LogP contribution >= 0.6 is 0 Å². The average Bonchev–Trinajstić information content (AvgIpc) is 2.57. The second kappa shape index (κ2) is 7.96. The highest BCUT2D eigenvalue weighted by Gasteiger charge is 2.41. The van der Waals surface area contributed by atoms with Gasteiger partial charge in [0.25, 0.3) is 0 Å². The second-order valence-corrected chi connectivity index (χ2v) is 6.14. The Kier molecular flexibility index (Phi) is 6.10. The predicted molar refractivity (Wildman–Crippen MR) is 91.4 cm³/mol. The summed E-state index contributed by atoms with van der Waals surface area (Å²) in [5.41, 5.74) is -0.484. The zero-order chi connectivity index (χ0) is 20.4. The van der Waals surface area contributed by atoms with Gasteiger partial charge in [-0.05, 0) is 32.4 Å². The smallest absolute Gasteiger partial charge is 0.416 e. The van der Waals surface area contributed by atoms with Crippen LogP contribution in [0, 0.1) is 0 Å². The van der Waals surface area contributed by atoms with Gasteiger partial charge in [-0.2, -0.15) is 13.2 Å². The number of alkyl halides is 3. The molecule has 1 aliphatic rings. The van der Waals surface area contributed by atoms with E-state index in [1.165, 1.54) is 32.0 Å². The first-order valence-corrected chi connectivity index (χ1v) is 8.23. The third kappa shape index (κ3) is 4.21. The molecule has 0 aromatic heterocycles. The molecule has 1 aliphatic heterocycles. The molecule has 27 heavy (non-hydrogen) atoms. The standard InChI is InChI=1S/C19H20F3NO4/c1-10-15(12(3)25)17(13-6-4-5-7-14(13)19(20,21)22)16(11(2)23-10)18(26)27-9-8-24/h4-7,17,23-24H,8-9H2,1-3H3. The number of aliphatic hydroxyl groups excluding tert-OH is 1. The van der Waals surface area contributed by atoms with Gasteiger partial charge in [0.1, 0.15) is 6.61 Å². The first-order chi connectivity index (χ1) is 12.6. The van der Waals surface area contributed by atoms with Crippen LogP contribution in [0.15, 0.2) is 46.8 Å². The van der Waals surface area contributed by atoms with Crippen LogP contribution in [0.3, 0.4) is 0 Å². The van der Waals surface area contributed by atoms with E-state index in [1.54, 1.807) is 6.92 Å². The van der Waals surface area contributed by atoms with Crippen molar-refractivity contribution in [2.75, 3.05) is 13.2 Å². The number of nitrogens with one attached hydrogen (secondary N) is 1. The lowest BCUT2D eigenvalue weighted by atomic mass is 9.77. The first kappa shape index (κ1) is 20.7. The monoisotopic (exact) mass is 383 g/mol. The third-order valence-corrected chi connectivity index (χ3v) is 4.26. The summed E-state index contributed by atoms with van der Waals surface area (Å²) in [6.45, 7) is 3.60. The van der Waals surface area contributed by atoms with Gasteiger partial charge in [-0.1, -0.05) is 18.2 Å². The quantitative estimate of drug-likeness (QED) is 0.765. The Balaban J connectivity index is 2.74. The summed E-state index contributed by atoms with van der Waals surface area (Å²) in [7, 11) is 0. The fourth-order valence-corrected chi connectivity index (χ4v) is 3.27. The number of hydrogen-bond acceptors (Lipinski definition) is 5. The molecule has 2 N–H and O–H groups in total. The van der Waals surface area contributed by atoms with E-state index in [4.69, 9.17) is 9.84 Å². The van der Waals surface area contributed by atoms with Gasteiger partial charge < -0.3 is 15.2 Å². The van der Waals surface area contributed by atoms with Crippen molar-refractivity contribution in [3.63, 3.8) is 0 Å². The van der Waals surface area contributed by atoms with E-state index < -0.39 is 36.0 Å². The van der Waals surface area contributed by atoms with Crippen molar-refractivity contribution in [1.82, 2.24) is 5.32 Å². The summed E-state index contributed by atoms with van der Waals surface area (Å²) in [4.78, 5) is 24.8. The Morgan fingerprint density at radius 1 is 1.15 bits per heavy atom. The highest BCUT2D eigenvalue weighted by atomic mass is 19.4. The average molecular weight is 383 g/mol. The molecule has 0 aliphatic carbocycles. The van der Waals surface area contributed by atoms with Crippen molar-refractivity contribution >= 4 is 11.8 Å². The number of ether oxygens (including phenoxy) is 1. The van der Waals surface area contributed by atoms with Crippen molar-refractivity contribution in [2.24, 2.45) is 0 Å². The molecule has 1 atom stereocenters. The number of halogens is 3. The molecule has 0 radical (unpaired) electrons. The van der Waals surface area contributed by atoms with Crippen LogP contribution in [0.1, 0.15) is 37.8 Å². The van der Waals surface area contributed by atoms with Gasteiger partial charge in [0, 0.05) is 22.9 Å². The molecule has 1 heterocycles.